The van der Waals surface area contributed by atoms with Gasteiger partial charge in [-0.05, 0) is 17.5 Å². The summed E-state index contributed by atoms with van der Waals surface area (Å²) in [5, 5.41) is 0. The molecule has 0 saturated carbocycles. The average Bonchev–Trinajstić information content (AvgIpc) is 2.46. The van der Waals surface area contributed by atoms with Crippen molar-refractivity contribution >= 4 is 11.6 Å². The smallest absolute Gasteiger partial charge is 0.194 e. The fourth-order valence-corrected chi connectivity index (χ4v) is 2.67. The van der Waals surface area contributed by atoms with Gasteiger partial charge in [0.25, 0.3) is 0 Å². The molecule has 19 heavy (non-hydrogen) atoms. The van der Waals surface area contributed by atoms with Crippen molar-refractivity contribution in [3.63, 3.8) is 0 Å². The van der Waals surface area contributed by atoms with Crippen LogP contribution in [-0.4, -0.2) is 11.6 Å². The summed E-state index contributed by atoms with van der Waals surface area (Å²) in [7, 11) is 0. The number of ketones is 2. The van der Waals surface area contributed by atoms with E-state index < -0.39 is 0 Å². The molecule has 0 radical (unpaired) electrons. The highest BCUT2D eigenvalue weighted by molar-refractivity contribution is 6.18. The Hall–Kier alpha value is -2.22. The number of rotatable bonds is 2. The summed E-state index contributed by atoms with van der Waals surface area (Å²) in [4.78, 5) is 24.6. The monoisotopic (exact) mass is 250 g/mol. The van der Waals surface area contributed by atoms with Crippen molar-refractivity contribution in [2.75, 3.05) is 0 Å². The maximum atomic E-state index is 12.6. The second-order valence-corrected chi connectivity index (χ2v) is 4.78. The lowest BCUT2D eigenvalue weighted by Gasteiger charge is -2.20. The summed E-state index contributed by atoms with van der Waals surface area (Å²) in [5.41, 5.74) is 3.91. The number of carbonyl (C=O) groups is 2. The summed E-state index contributed by atoms with van der Waals surface area (Å²) in [5.74, 6) is 0.0128. The molecule has 2 aromatic carbocycles. The number of Topliss-reactive ketones (excluding diaryl/α,β-unsaturated/α-hetero) is 1. The van der Waals surface area contributed by atoms with Gasteiger partial charge in [-0.1, -0.05) is 49.4 Å². The van der Waals surface area contributed by atoms with E-state index in [9.17, 15) is 9.59 Å². The van der Waals surface area contributed by atoms with Crippen LogP contribution in [0, 0.1) is 0 Å². The molecule has 0 spiro atoms. The van der Waals surface area contributed by atoms with E-state index in [1.54, 1.807) is 6.07 Å². The first kappa shape index (κ1) is 11.8. The molecule has 0 aromatic heterocycles. The Bertz CT molecular complexity index is 683. The Kier molecular flexibility index (Phi) is 2.79. The van der Waals surface area contributed by atoms with Crippen LogP contribution in [-0.2, 0) is 6.42 Å². The molecule has 0 fully saturated rings. The van der Waals surface area contributed by atoms with E-state index >= 15 is 0 Å². The summed E-state index contributed by atoms with van der Waals surface area (Å²) in [6, 6.07) is 13.2. The first-order valence-electron chi connectivity index (χ1n) is 6.50. The molecular formula is C17H14O2. The van der Waals surface area contributed by atoms with Gasteiger partial charge in [0.15, 0.2) is 11.6 Å². The standard InChI is InChI=1S/C17H14O2/c1-2-15(18)14-9-5-7-12-10-11-6-3-4-8-13(11)17(19)16(12)14/h3-9H,2,10H2,1H3. The Morgan fingerprint density at radius 2 is 1.79 bits per heavy atom. The Balaban J connectivity index is 2.22. The molecule has 0 N–H and O–H groups in total. The Morgan fingerprint density at radius 1 is 1.05 bits per heavy atom. The maximum Gasteiger partial charge on any atom is 0.194 e. The second-order valence-electron chi connectivity index (χ2n) is 4.78. The predicted octanol–water partition coefficient (Wildman–Crippen LogP) is 3.41. The summed E-state index contributed by atoms with van der Waals surface area (Å²) >= 11 is 0. The van der Waals surface area contributed by atoms with E-state index in [0.717, 1.165) is 23.1 Å². The van der Waals surface area contributed by atoms with Crippen LogP contribution in [0.4, 0.5) is 0 Å². The van der Waals surface area contributed by atoms with Gasteiger partial charge < -0.3 is 0 Å². The van der Waals surface area contributed by atoms with Crippen molar-refractivity contribution in [3.05, 3.63) is 70.3 Å². The lowest BCUT2D eigenvalue weighted by Crippen LogP contribution is -2.19. The number of hydrogen-bond acceptors (Lipinski definition) is 2. The van der Waals surface area contributed by atoms with E-state index in [1.807, 2.05) is 43.3 Å². The Labute approximate surface area is 112 Å². The van der Waals surface area contributed by atoms with E-state index in [1.165, 1.54) is 0 Å². The van der Waals surface area contributed by atoms with Crippen LogP contribution in [0.15, 0.2) is 42.5 Å². The van der Waals surface area contributed by atoms with Gasteiger partial charge >= 0.3 is 0 Å². The number of benzene rings is 2. The van der Waals surface area contributed by atoms with Gasteiger partial charge in [-0.15, -0.1) is 0 Å². The molecule has 2 nitrogen and oxygen atoms in total. The minimum atomic E-state index is -0.0192. The van der Waals surface area contributed by atoms with Gasteiger partial charge in [-0.25, -0.2) is 0 Å². The summed E-state index contributed by atoms with van der Waals surface area (Å²) in [6.07, 6.45) is 1.15. The molecular weight excluding hydrogens is 236 g/mol. The zero-order valence-corrected chi connectivity index (χ0v) is 10.8. The van der Waals surface area contributed by atoms with E-state index in [-0.39, 0.29) is 11.6 Å². The molecule has 2 heteroatoms. The van der Waals surface area contributed by atoms with Crippen LogP contribution in [0.2, 0.25) is 0 Å². The highest BCUT2D eigenvalue weighted by atomic mass is 16.1. The molecule has 3 rings (SSSR count). The zero-order chi connectivity index (χ0) is 13.4. The number of fused-ring (bicyclic) bond motifs is 2. The first-order chi connectivity index (χ1) is 9.22. The van der Waals surface area contributed by atoms with Crippen LogP contribution in [0.25, 0.3) is 0 Å². The molecule has 0 aliphatic heterocycles. The van der Waals surface area contributed by atoms with E-state index in [0.29, 0.717) is 17.5 Å². The fraction of sp³-hybridized carbons (Fsp3) is 0.176. The third-order valence-corrected chi connectivity index (χ3v) is 3.64. The molecule has 2 aromatic rings. The summed E-state index contributed by atoms with van der Waals surface area (Å²) < 4.78 is 0. The minimum absolute atomic E-state index is 0.0192. The van der Waals surface area contributed by atoms with Crippen molar-refractivity contribution < 1.29 is 9.59 Å². The molecule has 1 aliphatic rings. The fourth-order valence-electron chi connectivity index (χ4n) is 2.67. The van der Waals surface area contributed by atoms with Gasteiger partial charge in [0, 0.05) is 23.1 Å². The van der Waals surface area contributed by atoms with Gasteiger partial charge in [-0.2, -0.15) is 0 Å². The predicted molar refractivity (Wildman–Crippen MR) is 73.7 cm³/mol. The van der Waals surface area contributed by atoms with Crippen molar-refractivity contribution in [1.82, 2.24) is 0 Å². The molecule has 0 bridgehead atoms. The summed E-state index contributed by atoms with van der Waals surface area (Å²) in [6.45, 7) is 1.82. The van der Waals surface area contributed by atoms with Gasteiger partial charge in [0.1, 0.15) is 0 Å². The highest BCUT2D eigenvalue weighted by Crippen LogP contribution is 2.29. The zero-order valence-electron chi connectivity index (χ0n) is 10.8. The number of hydrogen-bond donors (Lipinski definition) is 0. The highest BCUT2D eigenvalue weighted by Gasteiger charge is 2.26. The molecule has 1 aliphatic carbocycles. The molecule has 0 saturated heterocycles. The molecule has 0 heterocycles. The second kappa shape index (κ2) is 4.47. The van der Waals surface area contributed by atoms with Crippen LogP contribution >= 0.6 is 0 Å². The maximum absolute atomic E-state index is 12.6. The lowest BCUT2D eigenvalue weighted by molar-refractivity contribution is 0.0970. The molecule has 94 valence electrons. The van der Waals surface area contributed by atoms with E-state index in [2.05, 4.69) is 0 Å². The van der Waals surface area contributed by atoms with Crippen LogP contribution in [0.1, 0.15) is 50.8 Å². The Morgan fingerprint density at radius 3 is 2.58 bits per heavy atom. The quantitative estimate of drug-likeness (QED) is 0.653. The molecule has 0 unspecified atom stereocenters. The lowest BCUT2D eigenvalue weighted by atomic mass is 9.82. The SMILES string of the molecule is CCC(=O)c1cccc2c1C(=O)c1ccccc1C2. The van der Waals surface area contributed by atoms with Crippen LogP contribution in [0.5, 0.6) is 0 Å². The number of carbonyl (C=O) groups excluding carboxylic acids is 2. The van der Waals surface area contributed by atoms with Crippen molar-refractivity contribution in [2.45, 2.75) is 19.8 Å². The minimum Gasteiger partial charge on any atom is -0.294 e. The van der Waals surface area contributed by atoms with Gasteiger partial charge in [0.2, 0.25) is 0 Å². The molecule has 0 atom stereocenters. The third-order valence-electron chi connectivity index (χ3n) is 3.64. The van der Waals surface area contributed by atoms with Crippen molar-refractivity contribution in [2.24, 2.45) is 0 Å². The first-order valence-corrected chi connectivity index (χ1v) is 6.50. The van der Waals surface area contributed by atoms with Crippen LogP contribution in [0.3, 0.4) is 0 Å². The van der Waals surface area contributed by atoms with Crippen molar-refractivity contribution in [3.8, 4) is 0 Å². The average molecular weight is 250 g/mol. The topological polar surface area (TPSA) is 34.1 Å². The van der Waals surface area contributed by atoms with E-state index in [4.69, 9.17) is 0 Å². The largest absolute Gasteiger partial charge is 0.294 e. The molecule has 0 amide bonds. The third kappa shape index (κ3) is 1.80. The van der Waals surface area contributed by atoms with Gasteiger partial charge in [-0.3, -0.25) is 9.59 Å². The normalized spacial score (nSPS) is 12.8. The van der Waals surface area contributed by atoms with Crippen LogP contribution < -0.4 is 0 Å². The van der Waals surface area contributed by atoms with Crippen molar-refractivity contribution in [1.29, 1.82) is 0 Å². The van der Waals surface area contributed by atoms with Gasteiger partial charge in [0.05, 0.1) is 0 Å².